The molecular formula is C10H13F2NO. The second-order valence-electron chi connectivity index (χ2n) is 3.58. The van der Waals surface area contributed by atoms with Crippen molar-refractivity contribution in [2.45, 2.75) is 19.4 Å². The summed E-state index contributed by atoms with van der Waals surface area (Å²) in [6, 6.07) is 2.34. The molecule has 0 fully saturated rings. The van der Waals surface area contributed by atoms with Gasteiger partial charge in [-0.15, -0.1) is 0 Å². The molecule has 0 heterocycles. The Balaban J connectivity index is 3.35. The summed E-state index contributed by atoms with van der Waals surface area (Å²) in [4.78, 5) is 0. The molecule has 0 amide bonds. The number of hydrogen-bond acceptors (Lipinski definition) is 2. The third-order valence-electron chi connectivity index (χ3n) is 2.12. The van der Waals surface area contributed by atoms with Crippen LogP contribution in [0.25, 0.3) is 0 Å². The standard InChI is InChI=1S/C10H13F2NO/c1-6-3-7(11)9(8(12)4-6)10(2,14)5-13/h3-4,14H,5,13H2,1-2H3. The van der Waals surface area contributed by atoms with E-state index < -0.39 is 17.2 Å². The second kappa shape index (κ2) is 3.63. The second-order valence-corrected chi connectivity index (χ2v) is 3.58. The molecule has 0 aromatic heterocycles. The van der Waals surface area contributed by atoms with Gasteiger partial charge in [0.15, 0.2) is 0 Å². The molecule has 0 saturated carbocycles. The monoisotopic (exact) mass is 201 g/mol. The zero-order valence-corrected chi connectivity index (χ0v) is 8.14. The summed E-state index contributed by atoms with van der Waals surface area (Å²) in [6.45, 7) is 2.63. The highest BCUT2D eigenvalue weighted by Crippen LogP contribution is 2.26. The maximum absolute atomic E-state index is 13.3. The van der Waals surface area contributed by atoms with Crippen LogP contribution in [0.5, 0.6) is 0 Å². The lowest BCUT2D eigenvalue weighted by molar-refractivity contribution is 0.0587. The van der Waals surface area contributed by atoms with Crippen molar-refractivity contribution in [3.05, 3.63) is 34.9 Å². The number of benzene rings is 1. The summed E-state index contributed by atoms with van der Waals surface area (Å²) in [6.07, 6.45) is 0. The number of hydrogen-bond donors (Lipinski definition) is 2. The topological polar surface area (TPSA) is 46.2 Å². The van der Waals surface area contributed by atoms with E-state index in [1.54, 1.807) is 6.92 Å². The third kappa shape index (κ3) is 1.91. The first-order valence-electron chi connectivity index (χ1n) is 4.27. The van der Waals surface area contributed by atoms with E-state index in [9.17, 15) is 13.9 Å². The summed E-state index contributed by atoms with van der Waals surface area (Å²) in [5, 5.41) is 9.64. The molecule has 0 saturated heterocycles. The van der Waals surface area contributed by atoms with Gasteiger partial charge < -0.3 is 10.8 Å². The summed E-state index contributed by atoms with van der Waals surface area (Å²) in [7, 11) is 0. The fourth-order valence-corrected chi connectivity index (χ4v) is 1.32. The van der Waals surface area contributed by atoms with Crippen molar-refractivity contribution < 1.29 is 13.9 Å². The van der Waals surface area contributed by atoms with Gasteiger partial charge in [-0.2, -0.15) is 0 Å². The van der Waals surface area contributed by atoms with Crippen LogP contribution in [0.4, 0.5) is 8.78 Å². The van der Waals surface area contributed by atoms with E-state index in [1.165, 1.54) is 19.1 Å². The SMILES string of the molecule is Cc1cc(F)c(C(C)(O)CN)c(F)c1. The van der Waals surface area contributed by atoms with Crippen LogP contribution in [0.2, 0.25) is 0 Å². The van der Waals surface area contributed by atoms with Crippen molar-refractivity contribution in [1.82, 2.24) is 0 Å². The van der Waals surface area contributed by atoms with E-state index in [0.29, 0.717) is 5.56 Å². The molecule has 3 N–H and O–H groups in total. The van der Waals surface area contributed by atoms with Crippen LogP contribution in [0.3, 0.4) is 0 Å². The molecule has 1 atom stereocenters. The highest BCUT2D eigenvalue weighted by atomic mass is 19.1. The minimum atomic E-state index is -1.66. The van der Waals surface area contributed by atoms with Crippen LogP contribution >= 0.6 is 0 Å². The molecule has 1 aromatic carbocycles. The van der Waals surface area contributed by atoms with Crippen molar-refractivity contribution in [3.63, 3.8) is 0 Å². The van der Waals surface area contributed by atoms with Crippen molar-refractivity contribution in [2.75, 3.05) is 6.54 Å². The van der Waals surface area contributed by atoms with E-state index >= 15 is 0 Å². The fourth-order valence-electron chi connectivity index (χ4n) is 1.32. The van der Waals surface area contributed by atoms with Crippen LogP contribution in [-0.2, 0) is 5.60 Å². The van der Waals surface area contributed by atoms with Gasteiger partial charge in [0.25, 0.3) is 0 Å². The fraction of sp³-hybridized carbons (Fsp3) is 0.400. The first kappa shape index (κ1) is 11.1. The summed E-state index contributed by atoms with van der Waals surface area (Å²) in [5.41, 5.74) is 3.67. The van der Waals surface area contributed by atoms with Gasteiger partial charge in [0.05, 0.1) is 5.56 Å². The van der Waals surface area contributed by atoms with Gasteiger partial charge in [0.2, 0.25) is 0 Å². The van der Waals surface area contributed by atoms with E-state index in [1.807, 2.05) is 0 Å². The Labute approximate surface area is 81.4 Å². The van der Waals surface area contributed by atoms with E-state index in [-0.39, 0.29) is 12.1 Å². The largest absolute Gasteiger partial charge is 0.384 e. The highest BCUT2D eigenvalue weighted by molar-refractivity contribution is 5.30. The van der Waals surface area contributed by atoms with Crippen molar-refractivity contribution in [2.24, 2.45) is 5.73 Å². The quantitative estimate of drug-likeness (QED) is 0.760. The van der Waals surface area contributed by atoms with Crippen LogP contribution < -0.4 is 5.73 Å². The molecule has 0 bridgehead atoms. The Hall–Kier alpha value is -1.00. The minimum absolute atomic E-state index is 0.232. The number of rotatable bonds is 2. The third-order valence-corrected chi connectivity index (χ3v) is 2.12. The van der Waals surface area contributed by atoms with Gasteiger partial charge in [0.1, 0.15) is 17.2 Å². The molecule has 4 heteroatoms. The summed E-state index contributed by atoms with van der Waals surface area (Å²) < 4.78 is 26.7. The van der Waals surface area contributed by atoms with Crippen LogP contribution in [0, 0.1) is 18.6 Å². The number of halogens is 2. The molecule has 0 aliphatic rings. The lowest BCUT2D eigenvalue weighted by Gasteiger charge is -2.22. The number of aliphatic hydroxyl groups is 1. The molecular weight excluding hydrogens is 188 g/mol. The average Bonchev–Trinajstić information content (AvgIpc) is 2.01. The minimum Gasteiger partial charge on any atom is -0.384 e. The van der Waals surface area contributed by atoms with Gasteiger partial charge in [-0.3, -0.25) is 0 Å². The molecule has 0 aliphatic carbocycles. The molecule has 78 valence electrons. The average molecular weight is 201 g/mol. The first-order valence-corrected chi connectivity index (χ1v) is 4.27. The molecule has 14 heavy (non-hydrogen) atoms. The van der Waals surface area contributed by atoms with Gasteiger partial charge >= 0.3 is 0 Å². The lowest BCUT2D eigenvalue weighted by Crippen LogP contribution is -2.33. The predicted octanol–water partition coefficient (Wildman–Crippen LogP) is 1.44. The normalized spacial score (nSPS) is 15.3. The maximum Gasteiger partial charge on any atom is 0.132 e. The lowest BCUT2D eigenvalue weighted by atomic mass is 9.94. The van der Waals surface area contributed by atoms with Crippen LogP contribution in [-0.4, -0.2) is 11.7 Å². The van der Waals surface area contributed by atoms with Gasteiger partial charge in [-0.25, -0.2) is 8.78 Å². The molecule has 0 radical (unpaired) electrons. The van der Waals surface area contributed by atoms with E-state index in [0.717, 1.165) is 0 Å². The zero-order chi connectivity index (χ0) is 10.9. The van der Waals surface area contributed by atoms with Gasteiger partial charge in [-0.05, 0) is 31.5 Å². The Morgan fingerprint density at radius 3 is 2.14 bits per heavy atom. The van der Waals surface area contributed by atoms with Crippen molar-refractivity contribution >= 4 is 0 Å². The first-order chi connectivity index (χ1) is 6.38. The van der Waals surface area contributed by atoms with Gasteiger partial charge in [0, 0.05) is 6.54 Å². The predicted molar refractivity (Wildman–Crippen MR) is 49.7 cm³/mol. The summed E-state index contributed by atoms with van der Waals surface area (Å²) in [5.74, 6) is -1.53. The van der Waals surface area contributed by atoms with E-state index in [2.05, 4.69) is 0 Å². The zero-order valence-electron chi connectivity index (χ0n) is 8.14. The number of nitrogens with two attached hydrogens (primary N) is 1. The molecule has 1 rings (SSSR count). The van der Waals surface area contributed by atoms with Crippen molar-refractivity contribution in [1.29, 1.82) is 0 Å². The highest BCUT2D eigenvalue weighted by Gasteiger charge is 2.28. The molecule has 0 aliphatic heterocycles. The Morgan fingerprint density at radius 2 is 1.79 bits per heavy atom. The molecule has 0 spiro atoms. The van der Waals surface area contributed by atoms with Crippen LogP contribution in [0.1, 0.15) is 18.1 Å². The Kier molecular flexibility index (Phi) is 2.87. The molecule has 2 nitrogen and oxygen atoms in total. The Morgan fingerprint density at radius 1 is 1.36 bits per heavy atom. The smallest absolute Gasteiger partial charge is 0.132 e. The van der Waals surface area contributed by atoms with Crippen LogP contribution in [0.15, 0.2) is 12.1 Å². The molecule has 1 aromatic rings. The van der Waals surface area contributed by atoms with E-state index in [4.69, 9.17) is 5.73 Å². The van der Waals surface area contributed by atoms with Gasteiger partial charge in [-0.1, -0.05) is 0 Å². The molecule has 1 unspecified atom stereocenters. The number of aryl methyl sites for hydroxylation is 1. The summed E-state index contributed by atoms with van der Waals surface area (Å²) >= 11 is 0. The Bertz CT molecular complexity index is 327. The maximum atomic E-state index is 13.3. The van der Waals surface area contributed by atoms with Crippen molar-refractivity contribution in [3.8, 4) is 0 Å².